The molecule has 6 heteroatoms. The molecule has 1 unspecified atom stereocenters. The lowest BCUT2D eigenvalue weighted by molar-refractivity contribution is -0.167. The average molecular weight is 1000 g/mol. The summed E-state index contributed by atoms with van der Waals surface area (Å²) in [5, 5.41) is 0. The van der Waals surface area contributed by atoms with Crippen molar-refractivity contribution in [3.05, 3.63) is 97.2 Å². The summed E-state index contributed by atoms with van der Waals surface area (Å²) in [6, 6.07) is 0. The Morgan fingerprint density at radius 1 is 0.292 bits per heavy atom. The number of carbonyl (C=O) groups is 3. The highest BCUT2D eigenvalue weighted by molar-refractivity contribution is 5.71. The second-order valence-electron chi connectivity index (χ2n) is 19.9. The van der Waals surface area contributed by atoms with Crippen molar-refractivity contribution in [1.29, 1.82) is 0 Å². The molecule has 0 N–H and O–H groups in total. The van der Waals surface area contributed by atoms with Gasteiger partial charge in [-0.15, -0.1) is 0 Å². The first-order valence-corrected chi connectivity index (χ1v) is 30.2. The van der Waals surface area contributed by atoms with Gasteiger partial charge in [-0.2, -0.15) is 0 Å². The summed E-state index contributed by atoms with van der Waals surface area (Å²) < 4.78 is 16.8. The zero-order chi connectivity index (χ0) is 52.2. The number of carbonyl (C=O) groups excluding carboxylic acids is 3. The Balaban J connectivity index is 4.37. The van der Waals surface area contributed by atoms with Crippen LogP contribution in [0.15, 0.2) is 97.2 Å². The minimum Gasteiger partial charge on any atom is -0.462 e. The molecule has 1 atom stereocenters. The molecule has 0 aromatic rings. The summed E-state index contributed by atoms with van der Waals surface area (Å²) in [6.45, 7) is 6.47. The Morgan fingerprint density at radius 3 is 0.889 bits per heavy atom. The van der Waals surface area contributed by atoms with E-state index in [0.717, 1.165) is 96.3 Å². The van der Waals surface area contributed by atoms with Crippen LogP contribution in [0.4, 0.5) is 0 Å². The quantitative estimate of drug-likeness (QED) is 0.0261. The molecule has 0 heterocycles. The molecule has 0 aliphatic carbocycles. The van der Waals surface area contributed by atoms with E-state index >= 15 is 0 Å². The topological polar surface area (TPSA) is 78.9 Å². The molecule has 0 amide bonds. The summed E-state index contributed by atoms with van der Waals surface area (Å²) in [4.78, 5) is 38.2. The Labute approximate surface area is 445 Å². The van der Waals surface area contributed by atoms with E-state index in [0.29, 0.717) is 19.3 Å². The van der Waals surface area contributed by atoms with Crippen LogP contribution in [-0.4, -0.2) is 37.2 Å². The van der Waals surface area contributed by atoms with Crippen molar-refractivity contribution in [2.75, 3.05) is 13.2 Å². The molecule has 0 rings (SSSR count). The van der Waals surface area contributed by atoms with Gasteiger partial charge in [0.25, 0.3) is 0 Å². The van der Waals surface area contributed by atoms with E-state index in [4.69, 9.17) is 14.2 Å². The molecular weight excluding hydrogens is 889 g/mol. The SMILES string of the molecule is CC/C=C\C/C=C\C/C=C\C/C=C\CCCCC(=O)OC(COC(=O)CCCCCCC/C=C\CCCCCCC)COC(=O)CCCCCCCCCCCC/C=C\C/C=C\C/C=C\CCCCCCC. The van der Waals surface area contributed by atoms with E-state index in [2.05, 4.69) is 118 Å². The van der Waals surface area contributed by atoms with Crippen LogP contribution in [0, 0.1) is 0 Å². The summed E-state index contributed by atoms with van der Waals surface area (Å²) in [7, 11) is 0. The molecule has 0 aliphatic heterocycles. The first kappa shape index (κ1) is 68.3. The average Bonchev–Trinajstić information content (AvgIpc) is 3.38. The number of allylic oxidation sites excluding steroid dienone is 16. The molecule has 0 spiro atoms. The molecule has 6 nitrogen and oxygen atoms in total. The lowest BCUT2D eigenvalue weighted by Gasteiger charge is -2.18. The number of hydrogen-bond acceptors (Lipinski definition) is 6. The second kappa shape index (κ2) is 59.9. The fraction of sp³-hybridized carbons (Fsp3) is 0.712. The van der Waals surface area contributed by atoms with E-state index in [-0.39, 0.29) is 37.5 Å². The van der Waals surface area contributed by atoms with E-state index in [1.807, 2.05) is 0 Å². The molecule has 0 aromatic heterocycles. The minimum atomic E-state index is -0.805. The second-order valence-corrected chi connectivity index (χ2v) is 19.9. The van der Waals surface area contributed by atoms with E-state index in [9.17, 15) is 14.4 Å². The first-order chi connectivity index (χ1) is 35.5. The van der Waals surface area contributed by atoms with Gasteiger partial charge < -0.3 is 14.2 Å². The highest BCUT2D eigenvalue weighted by Crippen LogP contribution is 2.15. The Morgan fingerprint density at radius 2 is 0.542 bits per heavy atom. The first-order valence-electron chi connectivity index (χ1n) is 30.2. The smallest absolute Gasteiger partial charge is 0.306 e. The predicted molar refractivity (Wildman–Crippen MR) is 311 cm³/mol. The molecule has 412 valence electrons. The van der Waals surface area contributed by atoms with Crippen molar-refractivity contribution in [2.24, 2.45) is 0 Å². The van der Waals surface area contributed by atoms with Crippen LogP contribution in [0.25, 0.3) is 0 Å². The third-order valence-corrected chi connectivity index (χ3v) is 12.8. The van der Waals surface area contributed by atoms with Gasteiger partial charge in [0.05, 0.1) is 0 Å². The van der Waals surface area contributed by atoms with Crippen LogP contribution in [0.3, 0.4) is 0 Å². The van der Waals surface area contributed by atoms with Gasteiger partial charge >= 0.3 is 17.9 Å². The summed E-state index contributed by atoms with van der Waals surface area (Å²) in [6.07, 6.45) is 79.8. The Hall–Kier alpha value is -3.67. The van der Waals surface area contributed by atoms with Crippen molar-refractivity contribution in [1.82, 2.24) is 0 Å². The fourth-order valence-corrected chi connectivity index (χ4v) is 8.26. The zero-order valence-electron chi connectivity index (χ0n) is 47.2. The molecule has 0 aromatic carbocycles. The molecule has 0 aliphatic rings. The van der Waals surface area contributed by atoms with Gasteiger partial charge in [-0.3, -0.25) is 14.4 Å². The van der Waals surface area contributed by atoms with Gasteiger partial charge in [-0.05, 0) is 122 Å². The van der Waals surface area contributed by atoms with Gasteiger partial charge in [0, 0.05) is 19.3 Å². The highest BCUT2D eigenvalue weighted by atomic mass is 16.6. The maximum absolute atomic E-state index is 12.8. The van der Waals surface area contributed by atoms with E-state index in [1.54, 1.807) is 0 Å². The van der Waals surface area contributed by atoms with Gasteiger partial charge in [-0.25, -0.2) is 0 Å². The summed E-state index contributed by atoms with van der Waals surface area (Å²) >= 11 is 0. The normalized spacial score (nSPS) is 12.8. The van der Waals surface area contributed by atoms with Crippen LogP contribution < -0.4 is 0 Å². The summed E-state index contributed by atoms with van der Waals surface area (Å²) in [5.41, 5.74) is 0. The van der Waals surface area contributed by atoms with Crippen molar-refractivity contribution < 1.29 is 28.6 Å². The van der Waals surface area contributed by atoms with Crippen molar-refractivity contribution in [3.8, 4) is 0 Å². The lowest BCUT2D eigenvalue weighted by atomic mass is 10.1. The van der Waals surface area contributed by atoms with Gasteiger partial charge in [0.2, 0.25) is 0 Å². The largest absolute Gasteiger partial charge is 0.462 e. The van der Waals surface area contributed by atoms with Gasteiger partial charge in [0.1, 0.15) is 13.2 Å². The molecule has 0 saturated carbocycles. The van der Waals surface area contributed by atoms with Crippen LogP contribution >= 0.6 is 0 Å². The maximum Gasteiger partial charge on any atom is 0.306 e. The van der Waals surface area contributed by atoms with Crippen molar-refractivity contribution in [3.63, 3.8) is 0 Å². The van der Waals surface area contributed by atoms with E-state index in [1.165, 1.54) is 141 Å². The Bertz CT molecular complexity index is 1430. The molecule has 0 bridgehead atoms. The van der Waals surface area contributed by atoms with Gasteiger partial charge in [0.15, 0.2) is 6.10 Å². The molecule has 0 saturated heterocycles. The predicted octanol–water partition coefficient (Wildman–Crippen LogP) is 20.5. The minimum absolute atomic E-state index is 0.0990. The third-order valence-electron chi connectivity index (χ3n) is 12.8. The van der Waals surface area contributed by atoms with Crippen LogP contribution in [-0.2, 0) is 28.6 Å². The van der Waals surface area contributed by atoms with Crippen LogP contribution in [0.5, 0.6) is 0 Å². The number of unbranched alkanes of at least 4 members (excludes halogenated alkanes) is 27. The number of esters is 3. The zero-order valence-corrected chi connectivity index (χ0v) is 47.2. The maximum atomic E-state index is 12.8. The van der Waals surface area contributed by atoms with Crippen LogP contribution in [0.2, 0.25) is 0 Å². The van der Waals surface area contributed by atoms with Crippen molar-refractivity contribution in [2.45, 2.75) is 290 Å². The summed E-state index contributed by atoms with van der Waals surface area (Å²) in [5.74, 6) is -0.949. The fourth-order valence-electron chi connectivity index (χ4n) is 8.26. The molecule has 0 radical (unpaired) electrons. The molecule has 0 fully saturated rings. The van der Waals surface area contributed by atoms with Crippen LogP contribution in [0.1, 0.15) is 284 Å². The Kier molecular flexibility index (Phi) is 56.8. The highest BCUT2D eigenvalue weighted by Gasteiger charge is 2.19. The standard InChI is InChI=1S/C66H112O6/c1-4-7-10-13-16-19-22-25-28-29-30-31-32-33-34-35-36-37-39-41-44-47-50-53-56-59-65(68)71-62-63(61-70-64(67)58-55-52-49-46-43-40-27-24-21-18-15-12-9-6-3)72-66(69)60-57-54-51-48-45-42-38-26-23-20-17-14-11-8-5-2/h8,11,17,20,22,24-27,29-30,32-33,38,45,48,63H,4-7,9-10,12-16,18-19,21,23,28,31,34-37,39-44,46-47,49-62H2,1-3H3/b11-8-,20-17-,25-22-,27-24-,30-29-,33-32-,38-26-,48-45-. The number of rotatable bonds is 54. The molecule has 72 heavy (non-hydrogen) atoms. The monoisotopic (exact) mass is 1000 g/mol. The third kappa shape index (κ3) is 57.2. The van der Waals surface area contributed by atoms with Crippen molar-refractivity contribution >= 4 is 17.9 Å². The van der Waals surface area contributed by atoms with E-state index < -0.39 is 6.10 Å². The van der Waals surface area contributed by atoms with Gasteiger partial charge in [-0.1, -0.05) is 240 Å². The lowest BCUT2D eigenvalue weighted by Crippen LogP contribution is -2.30. The molecular formula is C66H112O6. The number of ether oxygens (including phenoxy) is 3. The number of hydrogen-bond donors (Lipinski definition) is 0.